The predicted octanol–water partition coefficient (Wildman–Crippen LogP) is 3.69. The van der Waals surface area contributed by atoms with Crippen LogP contribution < -0.4 is 5.32 Å². The highest BCUT2D eigenvalue weighted by atomic mass is 32.1. The highest BCUT2D eigenvalue weighted by Crippen LogP contribution is 2.30. The number of hydrogen-bond donors (Lipinski definition) is 1. The molecule has 8 heteroatoms. The summed E-state index contributed by atoms with van der Waals surface area (Å²) in [5.41, 5.74) is 1.55. The molecule has 0 saturated heterocycles. The van der Waals surface area contributed by atoms with Crippen molar-refractivity contribution in [1.82, 2.24) is 15.1 Å². The fraction of sp³-hybridized carbons (Fsp3) is 0.200. The van der Waals surface area contributed by atoms with Gasteiger partial charge in [-0.25, -0.2) is 4.68 Å². The third-order valence-electron chi connectivity index (χ3n) is 3.22. The first-order valence-electron chi connectivity index (χ1n) is 6.75. The minimum atomic E-state index is -4.43. The molecule has 0 fully saturated rings. The molecule has 0 atom stereocenters. The number of nitrogens with zero attached hydrogens (tertiary/aromatic N) is 2. The number of rotatable bonds is 3. The molecule has 1 amide bonds. The van der Waals surface area contributed by atoms with Gasteiger partial charge in [0.25, 0.3) is 5.91 Å². The number of amides is 1. The Morgan fingerprint density at radius 2 is 2.00 bits per heavy atom. The van der Waals surface area contributed by atoms with E-state index in [1.165, 1.54) is 0 Å². The summed E-state index contributed by atoms with van der Waals surface area (Å²) < 4.78 is 38.3. The number of carbonyl (C=O) groups excluding carboxylic acids is 1. The van der Waals surface area contributed by atoms with Crippen LogP contribution in [0.3, 0.4) is 0 Å². The lowest BCUT2D eigenvalue weighted by Crippen LogP contribution is -2.33. The topological polar surface area (TPSA) is 46.9 Å². The fourth-order valence-corrected chi connectivity index (χ4v) is 3.27. The average molecular weight is 339 g/mol. The van der Waals surface area contributed by atoms with Gasteiger partial charge in [-0.15, -0.1) is 11.3 Å². The molecule has 120 valence electrons. The molecule has 0 bridgehead atoms. The molecular weight excluding hydrogens is 327 g/mol. The number of nitrogens with one attached hydrogen (secondary N) is 1. The molecular formula is C15H12F3N3OS. The Kier molecular flexibility index (Phi) is 3.85. The molecule has 0 saturated carbocycles. The van der Waals surface area contributed by atoms with E-state index in [4.69, 9.17) is 0 Å². The SMILES string of the molecule is Cc1nn(-c2ccccc2)c2sc(C(=O)NCC(F)(F)F)cc12. The van der Waals surface area contributed by atoms with Crippen LogP contribution in [0.1, 0.15) is 15.4 Å². The second-order valence-electron chi connectivity index (χ2n) is 4.96. The largest absolute Gasteiger partial charge is 0.405 e. The van der Waals surface area contributed by atoms with Crippen molar-refractivity contribution in [2.24, 2.45) is 0 Å². The van der Waals surface area contributed by atoms with E-state index in [2.05, 4.69) is 5.10 Å². The lowest BCUT2D eigenvalue weighted by Gasteiger charge is -2.06. The van der Waals surface area contributed by atoms with Gasteiger partial charge in [-0.05, 0) is 25.1 Å². The maximum Gasteiger partial charge on any atom is 0.405 e. The first-order chi connectivity index (χ1) is 10.8. The molecule has 0 unspecified atom stereocenters. The van der Waals surface area contributed by atoms with E-state index in [0.29, 0.717) is 0 Å². The van der Waals surface area contributed by atoms with Crippen molar-refractivity contribution < 1.29 is 18.0 Å². The number of aromatic nitrogens is 2. The summed E-state index contributed by atoms with van der Waals surface area (Å²) in [4.78, 5) is 12.8. The van der Waals surface area contributed by atoms with Crippen LogP contribution in [0.2, 0.25) is 0 Å². The molecule has 1 aromatic carbocycles. The standard InChI is InChI=1S/C15H12F3N3OS/c1-9-11-7-12(13(22)19-8-15(16,17)18)23-14(11)21(20-9)10-5-3-2-4-6-10/h2-7H,8H2,1H3,(H,19,22). The molecule has 0 aliphatic carbocycles. The molecule has 0 aliphatic rings. The monoisotopic (exact) mass is 339 g/mol. The van der Waals surface area contributed by atoms with Crippen molar-refractivity contribution in [2.75, 3.05) is 6.54 Å². The van der Waals surface area contributed by atoms with Crippen molar-refractivity contribution in [3.05, 3.63) is 47.0 Å². The summed E-state index contributed by atoms with van der Waals surface area (Å²) in [7, 11) is 0. The van der Waals surface area contributed by atoms with Crippen molar-refractivity contribution in [3.63, 3.8) is 0 Å². The van der Waals surface area contributed by atoms with E-state index < -0.39 is 18.6 Å². The van der Waals surface area contributed by atoms with E-state index in [9.17, 15) is 18.0 Å². The van der Waals surface area contributed by atoms with Gasteiger partial charge in [0.15, 0.2) is 0 Å². The summed E-state index contributed by atoms with van der Waals surface area (Å²) >= 11 is 1.12. The third kappa shape index (κ3) is 3.21. The van der Waals surface area contributed by atoms with Gasteiger partial charge in [-0.1, -0.05) is 18.2 Å². The van der Waals surface area contributed by atoms with Crippen molar-refractivity contribution in [3.8, 4) is 5.69 Å². The van der Waals surface area contributed by atoms with Crippen LogP contribution in [-0.2, 0) is 0 Å². The number of alkyl halides is 3. The molecule has 1 N–H and O–H groups in total. The molecule has 0 aliphatic heterocycles. The van der Waals surface area contributed by atoms with Crippen molar-refractivity contribution in [2.45, 2.75) is 13.1 Å². The number of aryl methyl sites for hydroxylation is 1. The summed E-state index contributed by atoms with van der Waals surface area (Å²) in [5.74, 6) is -0.734. The first-order valence-corrected chi connectivity index (χ1v) is 7.56. The van der Waals surface area contributed by atoms with E-state index in [-0.39, 0.29) is 4.88 Å². The molecule has 0 spiro atoms. The zero-order valence-corrected chi connectivity index (χ0v) is 12.8. The Labute approximate surface area is 133 Å². The van der Waals surface area contributed by atoms with Gasteiger partial charge in [0, 0.05) is 5.39 Å². The maximum absolute atomic E-state index is 12.2. The third-order valence-corrected chi connectivity index (χ3v) is 4.33. The van der Waals surface area contributed by atoms with Crippen LogP contribution in [-0.4, -0.2) is 28.4 Å². The fourth-order valence-electron chi connectivity index (χ4n) is 2.17. The average Bonchev–Trinajstić information content (AvgIpc) is 3.06. The Balaban J connectivity index is 1.95. The van der Waals surface area contributed by atoms with Crippen LogP contribution in [0, 0.1) is 6.92 Å². The van der Waals surface area contributed by atoms with Crippen LogP contribution in [0.15, 0.2) is 36.4 Å². The van der Waals surface area contributed by atoms with E-state index >= 15 is 0 Å². The number of halogens is 3. The van der Waals surface area contributed by atoms with E-state index in [1.54, 1.807) is 17.7 Å². The van der Waals surface area contributed by atoms with Crippen LogP contribution >= 0.6 is 11.3 Å². The van der Waals surface area contributed by atoms with Gasteiger partial charge in [0.2, 0.25) is 0 Å². The molecule has 4 nitrogen and oxygen atoms in total. The lowest BCUT2D eigenvalue weighted by molar-refractivity contribution is -0.123. The number of carbonyl (C=O) groups is 1. The molecule has 2 aromatic heterocycles. The molecule has 2 heterocycles. The van der Waals surface area contributed by atoms with E-state index in [1.807, 2.05) is 35.6 Å². The number of hydrogen-bond acceptors (Lipinski definition) is 3. The molecule has 23 heavy (non-hydrogen) atoms. The first kappa shape index (κ1) is 15.5. The second kappa shape index (κ2) is 5.69. The Bertz CT molecular complexity index is 852. The number of benzene rings is 1. The summed E-state index contributed by atoms with van der Waals surface area (Å²) in [5, 5.41) is 7.07. The van der Waals surface area contributed by atoms with Gasteiger partial charge in [-0.3, -0.25) is 4.79 Å². The Morgan fingerprint density at radius 1 is 1.30 bits per heavy atom. The lowest BCUT2D eigenvalue weighted by atomic mass is 10.3. The van der Waals surface area contributed by atoms with Crippen molar-refractivity contribution >= 4 is 27.5 Å². The minimum Gasteiger partial charge on any atom is -0.342 e. The molecule has 3 aromatic rings. The zero-order valence-electron chi connectivity index (χ0n) is 12.0. The van der Waals surface area contributed by atoms with Gasteiger partial charge < -0.3 is 5.32 Å². The van der Waals surface area contributed by atoms with Gasteiger partial charge in [0.05, 0.1) is 16.3 Å². The Morgan fingerprint density at radius 3 is 2.65 bits per heavy atom. The summed E-state index contributed by atoms with van der Waals surface area (Å²) in [6.45, 7) is 0.454. The van der Waals surface area contributed by atoms with Crippen LogP contribution in [0.25, 0.3) is 15.9 Å². The van der Waals surface area contributed by atoms with Crippen LogP contribution in [0.4, 0.5) is 13.2 Å². The summed E-state index contributed by atoms with van der Waals surface area (Å²) in [6, 6.07) is 10.9. The van der Waals surface area contributed by atoms with Crippen molar-refractivity contribution in [1.29, 1.82) is 0 Å². The minimum absolute atomic E-state index is 0.231. The van der Waals surface area contributed by atoms with Crippen LogP contribution in [0.5, 0.6) is 0 Å². The second-order valence-corrected chi connectivity index (χ2v) is 5.99. The highest BCUT2D eigenvalue weighted by molar-refractivity contribution is 7.20. The van der Waals surface area contributed by atoms with Gasteiger partial charge in [0.1, 0.15) is 11.4 Å². The highest BCUT2D eigenvalue weighted by Gasteiger charge is 2.28. The van der Waals surface area contributed by atoms with E-state index in [0.717, 1.165) is 32.9 Å². The van der Waals surface area contributed by atoms with Gasteiger partial charge >= 0.3 is 6.18 Å². The number of thiophene rings is 1. The van der Waals surface area contributed by atoms with Gasteiger partial charge in [-0.2, -0.15) is 18.3 Å². The Hall–Kier alpha value is -2.35. The normalized spacial score (nSPS) is 11.8. The number of para-hydroxylation sites is 1. The zero-order chi connectivity index (χ0) is 16.6. The maximum atomic E-state index is 12.2. The molecule has 3 rings (SSSR count). The summed E-state index contributed by atoms with van der Waals surface area (Å²) in [6.07, 6.45) is -4.43. The number of fused-ring (bicyclic) bond motifs is 1. The quantitative estimate of drug-likeness (QED) is 0.791. The predicted molar refractivity (Wildman–Crippen MR) is 82.1 cm³/mol. The molecule has 0 radical (unpaired) electrons. The smallest absolute Gasteiger partial charge is 0.342 e.